The molecule has 8 nitrogen and oxygen atoms in total. The normalized spacial score (nSPS) is 26.1. The largest absolute Gasteiger partial charge is 0.375 e. The SMILES string of the molecule is NC(=O)C1=CC=CC(S(N)(=O)=O)C1(O)c1ncccn1. The van der Waals surface area contributed by atoms with Crippen LogP contribution in [0.25, 0.3) is 0 Å². The molecule has 2 unspecified atom stereocenters. The van der Waals surface area contributed by atoms with Gasteiger partial charge in [0.25, 0.3) is 0 Å². The Morgan fingerprint density at radius 3 is 2.45 bits per heavy atom. The summed E-state index contributed by atoms with van der Waals surface area (Å²) in [5.41, 5.74) is 2.53. The summed E-state index contributed by atoms with van der Waals surface area (Å²) in [6, 6.07) is 1.48. The molecule has 1 amide bonds. The van der Waals surface area contributed by atoms with E-state index >= 15 is 0 Å². The van der Waals surface area contributed by atoms with Gasteiger partial charge in [-0.05, 0) is 6.07 Å². The number of primary sulfonamides is 1. The number of primary amides is 1. The fraction of sp³-hybridized carbons (Fsp3) is 0.182. The molecule has 0 fully saturated rings. The summed E-state index contributed by atoms with van der Waals surface area (Å²) in [7, 11) is -4.21. The lowest BCUT2D eigenvalue weighted by Gasteiger charge is -2.34. The molecule has 0 saturated carbocycles. The van der Waals surface area contributed by atoms with E-state index in [1.54, 1.807) is 0 Å². The molecule has 0 saturated heterocycles. The molecule has 1 aromatic heterocycles. The first-order chi connectivity index (χ1) is 9.28. The van der Waals surface area contributed by atoms with Crippen LogP contribution in [0, 0.1) is 0 Å². The number of sulfonamides is 1. The van der Waals surface area contributed by atoms with Crippen molar-refractivity contribution >= 4 is 15.9 Å². The van der Waals surface area contributed by atoms with Gasteiger partial charge in [-0.15, -0.1) is 0 Å². The third-order valence-corrected chi connectivity index (χ3v) is 4.10. The van der Waals surface area contributed by atoms with Gasteiger partial charge in [-0.3, -0.25) is 4.79 Å². The fourth-order valence-electron chi connectivity index (χ4n) is 2.03. The molecule has 1 aromatic rings. The van der Waals surface area contributed by atoms with Gasteiger partial charge < -0.3 is 10.8 Å². The summed E-state index contributed by atoms with van der Waals surface area (Å²) in [5.74, 6) is -1.26. The maximum Gasteiger partial charge on any atom is 0.248 e. The van der Waals surface area contributed by atoms with Crippen molar-refractivity contribution in [2.45, 2.75) is 10.9 Å². The first kappa shape index (κ1) is 14.3. The Morgan fingerprint density at radius 2 is 1.95 bits per heavy atom. The number of aliphatic hydroxyl groups is 1. The van der Waals surface area contributed by atoms with Crippen molar-refractivity contribution in [3.05, 3.63) is 48.1 Å². The molecule has 106 valence electrons. The molecule has 5 N–H and O–H groups in total. The van der Waals surface area contributed by atoms with Crippen LogP contribution in [0.3, 0.4) is 0 Å². The van der Waals surface area contributed by atoms with Gasteiger partial charge in [0.05, 0.1) is 5.57 Å². The van der Waals surface area contributed by atoms with E-state index in [1.807, 2.05) is 0 Å². The second kappa shape index (κ2) is 4.78. The monoisotopic (exact) mass is 296 g/mol. The third-order valence-electron chi connectivity index (χ3n) is 2.90. The van der Waals surface area contributed by atoms with Gasteiger partial charge in [-0.25, -0.2) is 23.5 Å². The van der Waals surface area contributed by atoms with Crippen molar-refractivity contribution in [3.63, 3.8) is 0 Å². The highest BCUT2D eigenvalue weighted by Gasteiger charge is 2.51. The smallest absolute Gasteiger partial charge is 0.248 e. The van der Waals surface area contributed by atoms with Crippen LogP contribution in [-0.2, 0) is 20.4 Å². The predicted molar refractivity (Wildman–Crippen MR) is 69.2 cm³/mol. The van der Waals surface area contributed by atoms with Crippen molar-refractivity contribution < 1.29 is 18.3 Å². The van der Waals surface area contributed by atoms with Crippen molar-refractivity contribution in [2.24, 2.45) is 10.9 Å². The highest BCUT2D eigenvalue weighted by molar-refractivity contribution is 7.90. The molecular formula is C11H12N4O4S. The van der Waals surface area contributed by atoms with Crippen LogP contribution in [0.2, 0.25) is 0 Å². The molecule has 2 rings (SSSR count). The van der Waals surface area contributed by atoms with Crippen molar-refractivity contribution in [3.8, 4) is 0 Å². The van der Waals surface area contributed by atoms with E-state index in [9.17, 15) is 18.3 Å². The molecule has 0 bridgehead atoms. The first-order valence-electron chi connectivity index (χ1n) is 5.48. The van der Waals surface area contributed by atoms with E-state index in [0.717, 1.165) is 6.08 Å². The highest BCUT2D eigenvalue weighted by atomic mass is 32.2. The van der Waals surface area contributed by atoms with Crippen LogP contribution < -0.4 is 10.9 Å². The average molecular weight is 296 g/mol. The molecule has 1 aliphatic rings. The lowest BCUT2D eigenvalue weighted by Crippen LogP contribution is -2.52. The summed E-state index contributed by atoms with van der Waals surface area (Å²) >= 11 is 0. The number of nitrogens with two attached hydrogens (primary N) is 2. The summed E-state index contributed by atoms with van der Waals surface area (Å²) < 4.78 is 23.4. The fourth-order valence-corrected chi connectivity index (χ4v) is 3.05. The number of aromatic nitrogens is 2. The number of rotatable bonds is 3. The van der Waals surface area contributed by atoms with E-state index in [0.29, 0.717) is 0 Å². The zero-order valence-corrected chi connectivity index (χ0v) is 11.0. The number of nitrogens with zero attached hydrogens (tertiary/aromatic N) is 2. The van der Waals surface area contributed by atoms with Gasteiger partial charge in [0.15, 0.2) is 11.4 Å². The first-order valence-corrected chi connectivity index (χ1v) is 7.09. The molecule has 20 heavy (non-hydrogen) atoms. The Bertz CT molecular complexity index is 698. The second-order valence-corrected chi connectivity index (χ2v) is 5.86. The second-order valence-electron chi connectivity index (χ2n) is 4.18. The molecule has 9 heteroatoms. The van der Waals surface area contributed by atoms with Crippen LogP contribution >= 0.6 is 0 Å². The van der Waals surface area contributed by atoms with Crippen LogP contribution in [0.5, 0.6) is 0 Å². The number of amides is 1. The van der Waals surface area contributed by atoms with Gasteiger partial charge in [0.2, 0.25) is 15.9 Å². The van der Waals surface area contributed by atoms with Gasteiger partial charge in [0.1, 0.15) is 5.25 Å². The Hall–Kier alpha value is -2.10. The standard InChI is InChI=1S/C11H12N4O4S/c12-9(16)7-3-1-4-8(20(13,18)19)11(7,17)10-14-5-2-6-15-10/h1-6,8,17H,(H2,12,16)(H2,13,18,19). The van der Waals surface area contributed by atoms with Gasteiger partial charge in [-0.1, -0.05) is 18.2 Å². The lowest BCUT2D eigenvalue weighted by molar-refractivity contribution is -0.117. The quantitative estimate of drug-likeness (QED) is 0.605. The summed E-state index contributed by atoms with van der Waals surface area (Å²) in [4.78, 5) is 19.1. The Labute approximate surface area is 114 Å². The lowest BCUT2D eigenvalue weighted by atomic mass is 9.84. The molecule has 0 aliphatic heterocycles. The van der Waals surface area contributed by atoms with Crippen LogP contribution in [-0.4, -0.2) is 34.6 Å². The average Bonchev–Trinajstić information content (AvgIpc) is 2.38. The van der Waals surface area contributed by atoms with Gasteiger partial charge in [0, 0.05) is 12.4 Å². The van der Waals surface area contributed by atoms with Crippen LogP contribution in [0.4, 0.5) is 0 Å². The van der Waals surface area contributed by atoms with Gasteiger partial charge in [-0.2, -0.15) is 0 Å². The highest BCUT2D eigenvalue weighted by Crippen LogP contribution is 2.36. The number of carbonyl (C=O) groups is 1. The molecule has 1 aliphatic carbocycles. The van der Waals surface area contributed by atoms with Crippen LogP contribution in [0.15, 0.2) is 42.3 Å². The molecule has 2 atom stereocenters. The Kier molecular flexibility index (Phi) is 3.42. The van der Waals surface area contributed by atoms with Crippen molar-refractivity contribution in [1.82, 2.24) is 9.97 Å². The van der Waals surface area contributed by atoms with Crippen LogP contribution in [0.1, 0.15) is 5.82 Å². The summed E-state index contributed by atoms with van der Waals surface area (Å²) in [6.45, 7) is 0. The molecule has 0 spiro atoms. The third kappa shape index (κ3) is 2.22. The molecule has 1 heterocycles. The minimum atomic E-state index is -4.21. The Balaban J connectivity index is 2.72. The topological polar surface area (TPSA) is 149 Å². The number of hydrogen-bond acceptors (Lipinski definition) is 6. The number of allylic oxidation sites excluding steroid dienone is 2. The van der Waals surface area contributed by atoms with E-state index < -0.39 is 26.8 Å². The summed E-state index contributed by atoms with van der Waals surface area (Å²) in [5, 5.41) is 14.3. The zero-order chi connectivity index (χ0) is 15.0. The van der Waals surface area contributed by atoms with E-state index in [-0.39, 0.29) is 11.4 Å². The minimum Gasteiger partial charge on any atom is -0.375 e. The minimum absolute atomic E-state index is 0.270. The van der Waals surface area contributed by atoms with E-state index in [4.69, 9.17) is 10.9 Å². The Morgan fingerprint density at radius 1 is 1.35 bits per heavy atom. The van der Waals surface area contributed by atoms with Gasteiger partial charge >= 0.3 is 0 Å². The van der Waals surface area contributed by atoms with E-state index in [2.05, 4.69) is 9.97 Å². The molecule has 0 radical (unpaired) electrons. The van der Waals surface area contributed by atoms with Crippen molar-refractivity contribution in [1.29, 1.82) is 0 Å². The summed E-state index contributed by atoms with van der Waals surface area (Å²) in [6.07, 6.45) is 6.25. The maximum absolute atomic E-state index is 11.7. The molecule has 0 aromatic carbocycles. The predicted octanol–water partition coefficient (Wildman–Crippen LogP) is -1.70. The number of carbonyl (C=O) groups excluding carboxylic acids is 1. The van der Waals surface area contributed by atoms with Crippen molar-refractivity contribution in [2.75, 3.05) is 0 Å². The molecular weight excluding hydrogens is 284 g/mol. The maximum atomic E-state index is 11.7. The zero-order valence-electron chi connectivity index (χ0n) is 10.2. The number of hydrogen-bond donors (Lipinski definition) is 3. The van der Waals surface area contributed by atoms with E-state index in [1.165, 1.54) is 30.6 Å².